The van der Waals surface area contributed by atoms with Crippen molar-refractivity contribution in [1.29, 1.82) is 0 Å². The third-order valence-corrected chi connectivity index (χ3v) is 12.8. The topological polar surface area (TPSA) is 178 Å². The fourth-order valence-electron chi connectivity index (χ4n) is 9.21. The number of hydrogen-bond donors (Lipinski definition) is 2. The van der Waals surface area contributed by atoms with Crippen molar-refractivity contribution in [3.8, 4) is 0 Å². The smallest absolute Gasteiger partial charge is 0.446 e. The molecule has 3 rings (SSSR count). The molecule has 2 aromatic rings. The first-order valence-corrected chi connectivity index (χ1v) is 23.1. The van der Waals surface area contributed by atoms with E-state index >= 15 is 0 Å². The maximum Gasteiger partial charge on any atom is 0.446 e. The highest BCUT2D eigenvalue weighted by Crippen LogP contribution is 2.31. The number of benzene rings is 2. The first-order valence-electron chi connectivity index (χ1n) is 23.1. The number of carbonyl (C=O) groups is 6. The molecule has 3 N–H and O–H groups in total. The van der Waals surface area contributed by atoms with E-state index in [1.54, 1.807) is 30.9 Å². The lowest BCUT2D eigenvalue weighted by atomic mass is 9.83. The van der Waals surface area contributed by atoms with Crippen molar-refractivity contribution < 1.29 is 56.1 Å². The monoisotopic (exact) mass is 948 g/mol. The molecule has 1 heterocycles. The van der Waals surface area contributed by atoms with Gasteiger partial charge in [0.1, 0.15) is 6.04 Å². The lowest BCUT2D eigenvalue weighted by molar-refractivity contribution is -0.156. The third-order valence-electron chi connectivity index (χ3n) is 12.8. The van der Waals surface area contributed by atoms with Crippen LogP contribution in [0.3, 0.4) is 0 Å². The highest BCUT2D eigenvalue weighted by molar-refractivity contribution is 5.90. The van der Waals surface area contributed by atoms with Crippen LogP contribution in [-0.2, 0) is 55.9 Å². The van der Waals surface area contributed by atoms with Crippen LogP contribution in [0.5, 0.6) is 0 Å². The van der Waals surface area contributed by atoms with Crippen LogP contribution in [0.15, 0.2) is 54.6 Å². The normalized spacial score (nSPS) is 17.6. The quantitative estimate of drug-likeness (QED) is 0.0665. The molecule has 3 amide bonds. The number of nitrogen functional groups attached to an aromatic ring is 1. The molecule has 0 aromatic heterocycles. The number of alkyl halides is 3. The molecule has 0 aliphatic carbocycles. The van der Waals surface area contributed by atoms with Gasteiger partial charge in [-0.25, -0.2) is 4.79 Å². The summed E-state index contributed by atoms with van der Waals surface area (Å²) in [5, 5.41) is 2.87. The number of likely N-dealkylation sites (tertiary alicyclic amines) is 1. The summed E-state index contributed by atoms with van der Waals surface area (Å²) in [6, 6.07) is 14.9. The zero-order valence-corrected chi connectivity index (χ0v) is 41.5. The van der Waals surface area contributed by atoms with Crippen LogP contribution in [0.4, 0.5) is 18.9 Å². The van der Waals surface area contributed by atoms with Crippen molar-refractivity contribution in [1.82, 2.24) is 20.0 Å². The van der Waals surface area contributed by atoms with E-state index in [2.05, 4.69) is 12.2 Å². The maximum atomic E-state index is 14.6. The van der Waals surface area contributed by atoms with Gasteiger partial charge >= 0.3 is 12.1 Å². The summed E-state index contributed by atoms with van der Waals surface area (Å²) in [7, 11) is 8.09. The molecule has 67 heavy (non-hydrogen) atoms. The van der Waals surface area contributed by atoms with Crippen LogP contribution in [0.25, 0.3) is 0 Å². The number of anilines is 1. The van der Waals surface area contributed by atoms with Gasteiger partial charge in [-0.1, -0.05) is 97.4 Å². The molecule has 1 saturated heterocycles. The average molecular weight is 948 g/mol. The minimum atomic E-state index is -4.64. The van der Waals surface area contributed by atoms with Crippen LogP contribution in [0.2, 0.25) is 0 Å². The zero-order valence-electron chi connectivity index (χ0n) is 41.5. The number of nitrogens with two attached hydrogens (primary N) is 1. The van der Waals surface area contributed by atoms with Crippen molar-refractivity contribution in [2.24, 2.45) is 29.6 Å². The van der Waals surface area contributed by atoms with Gasteiger partial charge < -0.3 is 35.1 Å². The molecular weight excluding hydrogens is 872 g/mol. The Hall–Kier alpha value is -4.87. The van der Waals surface area contributed by atoms with E-state index in [1.807, 2.05) is 101 Å². The minimum absolute atomic E-state index is 0.00751. The number of hydrogen-bond acceptors (Lipinski definition) is 11. The van der Waals surface area contributed by atoms with E-state index in [1.165, 1.54) is 14.2 Å². The number of nitrogens with zero attached hydrogens (tertiary/aromatic N) is 3. The summed E-state index contributed by atoms with van der Waals surface area (Å²) in [5.74, 6) is -2.67. The SMILES string of the molecule is CC[C@H](C)[C@@H]([C@@H](CC(=O)N1CCC[C@H]1[C@H](OC)[C@@H](C)C(=O)N[C@@H](Cc1ccccc1)C(=O)OC)OC)N(C)C(=O)[C@@H](CC(=O)[C@H](C(C)C)N(C)Cc1cccc(N)c1)C(C)C.O=CC(F)(F)F. The van der Waals surface area contributed by atoms with Crippen molar-refractivity contribution in [3.63, 3.8) is 0 Å². The zero-order chi connectivity index (χ0) is 50.8. The number of aldehydes is 1. The highest BCUT2D eigenvalue weighted by atomic mass is 19.4. The molecule has 1 fully saturated rings. The Morgan fingerprint density at radius 2 is 1.51 bits per heavy atom. The van der Waals surface area contributed by atoms with E-state index in [9.17, 15) is 37.1 Å². The summed E-state index contributed by atoms with van der Waals surface area (Å²) in [6.07, 6.45) is -4.55. The summed E-state index contributed by atoms with van der Waals surface area (Å²) in [5.41, 5.74) is 8.58. The van der Waals surface area contributed by atoms with Crippen LogP contribution in [0.1, 0.15) is 91.7 Å². The molecule has 0 saturated carbocycles. The second-order valence-electron chi connectivity index (χ2n) is 18.4. The van der Waals surface area contributed by atoms with Gasteiger partial charge in [0.25, 0.3) is 0 Å². The molecule has 2 aromatic carbocycles. The molecule has 9 atom stereocenters. The summed E-state index contributed by atoms with van der Waals surface area (Å²) in [6.45, 7) is 14.9. The number of rotatable bonds is 24. The fourth-order valence-corrected chi connectivity index (χ4v) is 9.21. The number of halogens is 3. The summed E-state index contributed by atoms with van der Waals surface area (Å²) in [4.78, 5) is 83.8. The number of Topliss-reactive ketones (excluding diaryl/α,β-unsaturated/α-hetero) is 1. The van der Waals surface area contributed by atoms with E-state index in [-0.39, 0.29) is 60.5 Å². The Kier molecular flexibility index (Phi) is 24.2. The number of ether oxygens (including phenoxy) is 3. The molecule has 1 aliphatic heterocycles. The van der Waals surface area contributed by atoms with Crippen LogP contribution >= 0.6 is 0 Å². The van der Waals surface area contributed by atoms with Gasteiger partial charge in [0.05, 0.1) is 49.8 Å². The fraction of sp³-hybridized carbons (Fsp3) is 0.640. The van der Waals surface area contributed by atoms with Crippen LogP contribution in [0, 0.1) is 29.6 Å². The second-order valence-corrected chi connectivity index (χ2v) is 18.4. The highest BCUT2D eigenvalue weighted by Gasteiger charge is 2.44. The number of nitrogens with one attached hydrogen (secondary N) is 1. The van der Waals surface area contributed by atoms with E-state index in [0.717, 1.165) is 24.0 Å². The number of carbonyl (C=O) groups excluding carboxylic acids is 6. The van der Waals surface area contributed by atoms with Gasteiger partial charge in [-0.2, -0.15) is 13.2 Å². The van der Waals surface area contributed by atoms with Gasteiger partial charge in [0.15, 0.2) is 5.78 Å². The Morgan fingerprint density at radius 3 is 2.01 bits per heavy atom. The Balaban J connectivity index is 0.00000240. The van der Waals surface area contributed by atoms with Crippen molar-refractivity contribution >= 4 is 41.4 Å². The molecule has 0 bridgehead atoms. The van der Waals surface area contributed by atoms with Crippen molar-refractivity contribution in [2.75, 3.05) is 47.7 Å². The maximum absolute atomic E-state index is 14.6. The number of likely N-dealkylation sites (N-methyl/N-ethyl adjacent to an activating group) is 2. The standard InChI is InChI=1S/C48H75N5O8.C2HF3O/c1-13-32(6)44(52(9)47(57)37(30(2)3)27-40(54)43(31(4)5)51(8)29-35-21-17-22-36(49)25-35)41(59-10)28-42(55)53-24-18-23-39(53)45(60-11)33(7)46(56)50-38(48(58)61-12)26-34-19-15-14-16-20-34;3-2(4,5)1-6/h14-17,19-22,25,30-33,37-39,41,43-45H,13,18,23-24,26-29,49H2,1-12H3,(H,50,56);1H/t32-,33+,37-,38-,39-,41+,43-,44-,45+;/m0./s1. The van der Waals surface area contributed by atoms with Crippen LogP contribution < -0.4 is 11.1 Å². The lowest BCUT2D eigenvalue weighted by Gasteiger charge is -2.41. The summed E-state index contributed by atoms with van der Waals surface area (Å²) >= 11 is 0. The molecular formula is C50H76F3N5O9. The van der Waals surface area contributed by atoms with E-state index in [0.29, 0.717) is 25.2 Å². The van der Waals surface area contributed by atoms with Gasteiger partial charge in [0, 0.05) is 58.8 Å². The molecule has 17 heteroatoms. The Bertz CT molecular complexity index is 1880. The molecule has 1 aliphatic rings. The van der Waals surface area contributed by atoms with Crippen molar-refractivity contribution in [3.05, 3.63) is 65.7 Å². The number of methoxy groups -OCH3 is 3. The lowest BCUT2D eigenvalue weighted by Crippen LogP contribution is -2.55. The molecule has 0 radical (unpaired) electrons. The largest absolute Gasteiger partial charge is 0.467 e. The number of esters is 1. The van der Waals surface area contributed by atoms with Crippen LogP contribution in [-0.4, -0.2) is 135 Å². The van der Waals surface area contributed by atoms with Gasteiger partial charge in [0.2, 0.25) is 24.0 Å². The van der Waals surface area contributed by atoms with Gasteiger partial charge in [-0.15, -0.1) is 0 Å². The number of ketones is 1. The molecule has 14 nitrogen and oxygen atoms in total. The van der Waals surface area contributed by atoms with Gasteiger partial charge in [-0.05, 0) is 60.9 Å². The number of amides is 3. The van der Waals surface area contributed by atoms with E-state index < -0.39 is 66.6 Å². The molecule has 376 valence electrons. The molecule has 0 spiro atoms. The van der Waals surface area contributed by atoms with E-state index in [4.69, 9.17) is 24.7 Å². The Labute approximate surface area is 395 Å². The predicted molar refractivity (Wildman–Crippen MR) is 251 cm³/mol. The Morgan fingerprint density at radius 1 is 0.896 bits per heavy atom. The third kappa shape index (κ3) is 17.6. The first kappa shape index (κ1) is 58.3. The van der Waals surface area contributed by atoms with Crippen molar-refractivity contribution in [2.45, 2.75) is 136 Å². The predicted octanol–water partition coefficient (Wildman–Crippen LogP) is 6.53. The minimum Gasteiger partial charge on any atom is -0.467 e. The summed E-state index contributed by atoms with van der Waals surface area (Å²) < 4.78 is 48.3. The van der Waals surface area contributed by atoms with Gasteiger partial charge in [-0.3, -0.25) is 28.9 Å². The average Bonchev–Trinajstić information content (AvgIpc) is 3.77. The molecule has 0 unspecified atom stereocenters. The first-order chi connectivity index (χ1) is 31.5. The second kappa shape index (κ2) is 27.8.